The van der Waals surface area contributed by atoms with Crippen LogP contribution in [0.15, 0.2) is 18.2 Å². The van der Waals surface area contributed by atoms with Crippen LogP contribution in [0.3, 0.4) is 0 Å². The first-order valence-electron chi connectivity index (χ1n) is 6.72. The quantitative estimate of drug-likeness (QED) is 0.609. The van der Waals surface area contributed by atoms with Gasteiger partial charge in [0.15, 0.2) is 0 Å². The molecule has 0 bridgehead atoms. The standard InChI is InChI=1S/C14H22ClN3O2/c1-3-6-16-7-8-17-14(19)10-18-12-9-11(15)4-5-13(12)20-2/h4-5,9,16,18H,3,6-8,10H2,1-2H3,(H,17,19). The highest BCUT2D eigenvalue weighted by molar-refractivity contribution is 6.30. The second kappa shape index (κ2) is 9.44. The molecule has 6 heteroatoms. The number of ether oxygens (including phenoxy) is 1. The third-order valence-electron chi connectivity index (χ3n) is 2.65. The number of hydrogen-bond donors (Lipinski definition) is 3. The van der Waals surface area contributed by atoms with E-state index >= 15 is 0 Å². The predicted molar refractivity (Wildman–Crippen MR) is 82.7 cm³/mol. The van der Waals surface area contributed by atoms with Gasteiger partial charge in [-0.05, 0) is 31.2 Å². The van der Waals surface area contributed by atoms with Gasteiger partial charge in [-0.25, -0.2) is 0 Å². The number of carbonyl (C=O) groups is 1. The Hall–Kier alpha value is -1.46. The summed E-state index contributed by atoms with van der Waals surface area (Å²) in [5.41, 5.74) is 0.708. The molecule has 112 valence electrons. The SMILES string of the molecule is CCCNCCNC(=O)CNc1cc(Cl)ccc1OC. The van der Waals surface area contributed by atoms with Crippen molar-refractivity contribution in [3.05, 3.63) is 23.2 Å². The van der Waals surface area contributed by atoms with Crippen LogP contribution in [0.25, 0.3) is 0 Å². The van der Waals surface area contributed by atoms with Crippen LogP contribution in [-0.2, 0) is 4.79 Å². The average Bonchev–Trinajstić information content (AvgIpc) is 2.45. The molecule has 1 aromatic carbocycles. The summed E-state index contributed by atoms with van der Waals surface area (Å²) in [6, 6.07) is 5.23. The minimum Gasteiger partial charge on any atom is -0.495 e. The lowest BCUT2D eigenvalue weighted by atomic mass is 10.3. The molecule has 0 aromatic heterocycles. The predicted octanol–water partition coefficient (Wildman–Crippen LogP) is 1.88. The smallest absolute Gasteiger partial charge is 0.239 e. The molecule has 3 N–H and O–H groups in total. The minimum absolute atomic E-state index is 0.0645. The van der Waals surface area contributed by atoms with Crippen LogP contribution in [0.2, 0.25) is 5.02 Å². The molecule has 0 aliphatic rings. The van der Waals surface area contributed by atoms with E-state index < -0.39 is 0 Å². The van der Waals surface area contributed by atoms with Gasteiger partial charge in [0.05, 0.1) is 19.3 Å². The maximum atomic E-state index is 11.7. The average molecular weight is 300 g/mol. The zero-order valence-corrected chi connectivity index (χ0v) is 12.7. The van der Waals surface area contributed by atoms with Gasteiger partial charge in [0.1, 0.15) is 5.75 Å². The van der Waals surface area contributed by atoms with Crippen molar-refractivity contribution in [2.24, 2.45) is 0 Å². The summed E-state index contributed by atoms with van der Waals surface area (Å²) in [5, 5.41) is 9.65. The largest absolute Gasteiger partial charge is 0.495 e. The first kappa shape index (κ1) is 16.6. The molecule has 20 heavy (non-hydrogen) atoms. The molecule has 0 aliphatic carbocycles. The molecule has 0 heterocycles. The van der Waals surface area contributed by atoms with Crippen LogP contribution in [0.5, 0.6) is 5.75 Å². The Morgan fingerprint density at radius 2 is 2.10 bits per heavy atom. The van der Waals surface area contributed by atoms with Crippen LogP contribution < -0.4 is 20.7 Å². The van der Waals surface area contributed by atoms with Crippen molar-refractivity contribution in [1.29, 1.82) is 0 Å². The highest BCUT2D eigenvalue weighted by Gasteiger charge is 2.05. The number of hydrogen-bond acceptors (Lipinski definition) is 4. The number of benzene rings is 1. The van der Waals surface area contributed by atoms with Crippen molar-refractivity contribution >= 4 is 23.2 Å². The Labute approximate surface area is 125 Å². The van der Waals surface area contributed by atoms with Crippen molar-refractivity contribution in [2.75, 3.05) is 38.6 Å². The number of amides is 1. The summed E-state index contributed by atoms with van der Waals surface area (Å²) in [7, 11) is 1.58. The number of carbonyl (C=O) groups excluding carboxylic acids is 1. The second-order valence-electron chi connectivity index (χ2n) is 4.30. The number of halogens is 1. The monoisotopic (exact) mass is 299 g/mol. The molecule has 0 spiro atoms. The Bertz CT molecular complexity index is 427. The van der Waals surface area contributed by atoms with Crippen molar-refractivity contribution < 1.29 is 9.53 Å². The van der Waals surface area contributed by atoms with Crippen LogP contribution in [0.4, 0.5) is 5.69 Å². The summed E-state index contributed by atoms with van der Waals surface area (Å²) in [6.07, 6.45) is 1.09. The Morgan fingerprint density at radius 3 is 2.80 bits per heavy atom. The molecule has 0 fully saturated rings. The first-order chi connectivity index (χ1) is 9.67. The molecule has 1 aromatic rings. The molecule has 0 radical (unpaired) electrons. The van der Waals surface area contributed by atoms with Gasteiger partial charge in [-0.2, -0.15) is 0 Å². The van der Waals surface area contributed by atoms with Gasteiger partial charge in [0, 0.05) is 18.1 Å². The van der Waals surface area contributed by atoms with Crippen molar-refractivity contribution in [1.82, 2.24) is 10.6 Å². The third kappa shape index (κ3) is 6.12. The van der Waals surface area contributed by atoms with E-state index in [0.717, 1.165) is 19.5 Å². The van der Waals surface area contributed by atoms with E-state index in [2.05, 4.69) is 22.9 Å². The van der Waals surface area contributed by atoms with E-state index in [-0.39, 0.29) is 12.5 Å². The molecular weight excluding hydrogens is 278 g/mol. The van der Waals surface area contributed by atoms with Crippen LogP contribution in [0.1, 0.15) is 13.3 Å². The highest BCUT2D eigenvalue weighted by Crippen LogP contribution is 2.27. The lowest BCUT2D eigenvalue weighted by Gasteiger charge is -2.11. The summed E-state index contributed by atoms with van der Waals surface area (Å²) < 4.78 is 5.20. The van der Waals surface area contributed by atoms with E-state index in [1.54, 1.807) is 25.3 Å². The first-order valence-corrected chi connectivity index (χ1v) is 7.10. The zero-order chi connectivity index (χ0) is 14.8. The second-order valence-corrected chi connectivity index (χ2v) is 4.73. The van der Waals surface area contributed by atoms with Crippen molar-refractivity contribution in [3.63, 3.8) is 0 Å². The van der Waals surface area contributed by atoms with Gasteiger partial charge in [0.2, 0.25) is 5.91 Å². The van der Waals surface area contributed by atoms with Crippen molar-refractivity contribution in [2.45, 2.75) is 13.3 Å². The molecular formula is C14H22ClN3O2. The van der Waals surface area contributed by atoms with Gasteiger partial charge in [0.25, 0.3) is 0 Å². The lowest BCUT2D eigenvalue weighted by molar-refractivity contribution is -0.119. The van der Waals surface area contributed by atoms with E-state index in [4.69, 9.17) is 16.3 Å². The maximum absolute atomic E-state index is 11.7. The summed E-state index contributed by atoms with van der Waals surface area (Å²) in [6.45, 7) is 4.65. The number of methoxy groups -OCH3 is 1. The fourth-order valence-electron chi connectivity index (χ4n) is 1.65. The van der Waals surface area contributed by atoms with Gasteiger partial charge in [-0.15, -0.1) is 0 Å². The van der Waals surface area contributed by atoms with Crippen LogP contribution >= 0.6 is 11.6 Å². The topological polar surface area (TPSA) is 62.4 Å². The molecule has 0 unspecified atom stereocenters. The van der Waals surface area contributed by atoms with E-state index in [1.807, 2.05) is 0 Å². The fourth-order valence-corrected chi connectivity index (χ4v) is 1.82. The fraction of sp³-hybridized carbons (Fsp3) is 0.500. The summed E-state index contributed by atoms with van der Waals surface area (Å²) in [5.74, 6) is 0.595. The Morgan fingerprint density at radius 1 is 1.30 bits per heavy atom. The molecule has 5 nitrogen and oxygen atoms in total. The van der Waals surface area contributed by atoms with Crippen LogP contribution in [0, 0.1) is 0 Å². The van der Waals surface area contributed by atoms with Gasteiger partial charge >= 0.3 is 0 Å². The van der Waals surface area contributed by atoms with E-state index in [0.29, 0.717) is 23.0 Å². The van der Waals surface area contributed by atoms with Gasteiger partial charge in [-0.3, -0.25) is 4.79 Å². The van der Waals surface area contributed by atoms with Crippen LogP contribution in [-0.4, -0.2) is 39.2 Å². The molecule has 1 amide bonds. The lowest BCUT2D eigenvalue weighted by Crippen LogP contribution is -2.35. The number of nitrogens with one attached hydrogen (secondary N) is 3. The molecule has 0 saturated carbocycles. The Kier molecular flexibility index (Phi) is 7.84. The number of rotatable bonds is 9. The highest BCUT2D eigenvalue weighted by atomic mass is 35.5. The normalized spacial score (nSPS) is 10.2. The minimum atomic E-state index is -0.0645. The molecule has 0 aliphatic heterocycles. The number of anilines is 1. The third-order valence-corrected chi connectivity index (χ3v) is 2.89. The molecule has 0 saturated heterocycles. The van der Waals surface area contributed by atoms with E-state index in [1.165, 1.54) is 0 Å². The maximum Gasteiger partial charge on any atom is 0.239 e. The molecule has 0 atom stereocenters. The zero-order valence-electron chi connectivity index (χ0n) is 12.0. The molecule has 1 rings (SSSR count). The summed E-state index contributed by atoms with van der Waals surface area (Å²) in [4.78, 5) is 11.7. The van der Waals surface area contributed by atoms with E-state index in [9.17, 15) is 4.79 Å². The van der Waals surface area contributed by atoms with Crippen molar-refractivity contribution in [3.8, 4) is 5.75 Å². The van der Waals surface area contributed by atoms with Gasteiger partial charge < -0.3 is 20.7 Å². The summed E-state index contributed by atoms with van der Waals surface area (Å²) >= 11 is 5.92. The van der Waals surface area contributed by atoms with Gasteiger partial charge in [-0.1, -0.05) is 18.5 Å². The Balaban J connectivity index is 2.32.